The van der Waals surface area contributed by atoms with E-state index in [1.807, 2.05) is 89.8 Å². The third-order valence-corrected chi connectivity index (χ3v) is 8.02. The van der Waals surface area contributed by atoms with Gasteiger partial charge in [0.1, 0.15) is 17.6 Å². The first-order valence-electron chi connectivity index (χ1n) is 13.5. The number of aryl methyl sites for hydroxylation is 1. The van der Waals surface area contributed by atoms with Crippen LogP contribution in [0.15, 0.2) is 130 Å². The van der Waals surface area contributed by atoms with Gasteiger partial charge >= 0.3 is 0 Å². The Morgan fingerprint density at radius 2 is 1.74 bits per heavy atom. The number of pyridine rings is 1. The van der Waals surface area contributed by atoms with Crippen LogP contribution in [0.1, 0.15) is 29.1 Å². The zero-order valence-electron chi connectivity index (χ0n) is 22.8. The van der Waals surface area contributed by atoms with Gasteiger partial charge in [0.2, 0.25) is 0 Å². The van der Waals surface area contributed by atoms with Crippen LogP contribution in [0.2, 0.25) is 0 Å². The smallest absolute Gasteiger partial charge is 0.262 e. The highest BCUT2D eigenvalue weighted by Crippen LogP contribution is 2.43. The molecule has 9 heteroatoms. The molecule has 1 aliphatic heterocycles. The van der Waals surface area contributed by atoms with Gasteiger partial charge in [-0.05, 0) is 91.9 Å². The average Bonchev–Trinajstić information content (AvgIpc) is 3.62. The topological polar surface area (TPSA) is 79.6 Å². The first-order valence-corrected chi connectivity index (χ1v) is 14.7. The number of aromatic nitrogens is 1. The van der Waals surface area contributed by atoms with Crippen molar-refractivity contribution in [3.05, 3.63) is 132 Å². The average molecular weight is 593 g/mol. The molecular formula is C33H28N4O3S2. The molecule has 1 aliphatic rings. The Labute approximate surface area is 253 Å². The predicted molar refractivity (Wildman–Crippen MR) is 169 cm³/mol. The number of thiocarbonyl (C=S) groups is 1. The summed E-state index contributed by atoms with van der Waals surface area (Å²) in [5, 5.41) is 7.70. The summed E-state index contributed by atoms with van der Waals surface area (Å²) in [6.07, 6.45) is 1.78. The van der Waals surface area contributed by atoms with Crippen LogP contribution >= 0.6 is 24.0 Å². The van der Waals surface area contributed by atoms with Gasteiger partial charge in [-0.3, -0.25) is 9.78 Å². The number of hydrogen-bond acceptors (Lipinski definition) is 6. The Bertz CT molecular complexity index is 1660. The van der Waals surface area contributed by atoms with Gasteiger partial charge in [-0.15, -0.1) is 0 Å². The van der Waals surface area contributed by atoms with Gasteiger partial charge in [0.25, 0.3) is 5.91 Å². The summed E-state index contributed by atoms with van der Waals surface area (Å²) in [7, 11) is 0. The number of ether oxygens (including phenoxy) is 1. The van der Waals surface area contributed by atoms with Crippen molar-refractivity contribution in [2.24, 2.45) is 0 Å². The summed E-state index contributed by atoms with van der Waals surface area (Å²) in [6.45, 7) is 1.99. The van der Waals surface area contributed by atoms with Crippen molar-refractivity contribution in [3.63, 3.8) is 0 Å². The zero-order valence-corrected chi connectivity index (χ0v) is 24.4. The molecule has 7 nitrogen and oxygen atoms in total. The van der Waals surface area contributed by atoms with Crippen LogP contribution in [-0.2, 0) is 4.79 Å². The van der Waals surface area contributed by atoms with Gasteiger partial charge < -0.3 is 24.7 Å². The second kappa shape index (κ2) is 12.5. The molecule has 0 bridgehead atoms. The zero-order chi connectivity index (χ0) is 28.9. The molecule has 2 atom stereocenters. The van der Waals surface area contributed by atoms with E-state index in [2.05, 4.69) is 46.8 Å². The maximum atomic E-state index is 12.5. The van der Waals surface area contributed by atoms with Crippen LogP contribution in [-0.4, -0.2) is 22.6 Å². The van der Waals surface area contributed by atoms with E-state index in [0.29, 0.717) is 16.5 Å². The Kier molecular flexibility index (Phi) is 8.21. The van der Waals surface area contributed by atoms with Crippen LogP contribution in [0.4, 0.5) is 11.4 Å². The number of anilines is 2. The maximum absolute atomic E-state index is 12.5. The van der Waals surface area contributed by atoms with Crippen molar-refractivity contribution >= 4 is 46.4 Å². The molecule has 2 N–H and O–H groups in total. The maximum Gasteiger partial charge on any atom is 0.262 e. The molecule has 5 aromatic rings. The Balaban J connectivity index is 1.22. The van der Waals surface area contributed by atoms with Crippen molar-refractivity contribution in [2.75, 3.05) is 16.8 Å². The van der Waals surface area contributed by atoms with E-state index in [1.165, 1.54) is 5.56 Å². The van der Waals surface area contributed by atoms with Crippen molar-refractivity contribution in [2.45, 2.75) is 29.0 Å². The summed E-state index contributed by atoms with van der Waals surface area (Å²) in [4.78, 5) is 20.2. The lowest BCUT2D eigenvalue weighted by molar-refractivity contribution is -0.118. The van der Waals surface area contributed by atoms with E-state index in [0.717, 1.165) is 27.1 Å². The lowest BCUT2D eigenvalue weighted by Gasteiger charge is -2.26. The molecule has 0 unspecified atom stereocenters. The number of nitrogens with one attached hydrogen (secondary N) is 2. The third-order valence-electron chi connectivity index (χ3n) is 6.77. The number of rotatable bonds is 9. The van der Waals surface area contributed by atoms with Crippen molar-refractivity contribution in [1.29, 1.82) is 0 Å². The molecule has 1 fully saturated rings. The number of carbonyl (C=O) groups is 1. The number of amides is 1. The van der Waals surface area contributed by atoms with Gasteiger partial charge in [0.15, 0.2) is 16.8 Å². The van der Waals surface area contributed by atoms with Crippen molar-refractivity contribution < 1.29 is 13.9 Å². The lowest BCUT2D eigenvalue weighted by atomic mass is 10.0. The minimum atomic E-state index is -0.278. The normalized spacial score (nSPS) is 16.2. The highest BCUT2D eigenvalue weighted by Gasteiger charge is 2.42. The fourth-order valence-corrected chi connectivity index (χ4v) is 5.88. The van der Waals surface area contributed by atoms with Gasteiger partial charge in [-0.25, -0.2) is 0 Å². The molecule has 3 aromatic carbocycles. The van der Waals surface area contributed by atoms with Crippen LogP contribution < -0.4 is 20.3 Å². The van der Waals surface area contributed by atoms with Crippen LogP contribution in [0.5, 0.6) is 5.75 Å². The molecule has 3 heterocycles. The summed E-state index contributed by atoms with van der Waals surface area (Å²) >= 11 is 7.41. The van der Waals surface area contributed by atoms with Crippen molar-refractivity contribution in [1.82, 2.24) is 10.3 Å². The minimum absolute atomic E-state index is 0.0822. The molecule has 2 aromatic heterocycles. The second-order valence-corrected chi connectivity index (χ2v) is 11.2. The summed E-state index contributed by atoms with van der Waals surface area (Å²) < 4.78 is 12.0. The molecule has 6 rings (SSSR count). The highest BCUT2D eigenvalue weighted by molar-refractivity contribution is 7.99. The fourth-order valence-electron chi connectivity index (χ4n) is 4.76. The van der Waals surface area contributed by atoms with E-state index in [4.69, 9.17) is 21.4 Å². The van der Waals surface area contributed by atoms with Crippen LogP contribution in [0.25, 0.3) is 0 Å². The van der Waals surface area contributed by atoms with E-state index in [-0.39, 0.29) is 24.6 Å². The SMILES string of the molecule is Cc1ccc(Sc2ccc([C@H]3[C@@H](c4ccccn4)NC(=S)N3c3ccc(NC(=O)COc4ccccc4)cc3)o2)cc1. The first kappa shape index (κ1) is 27.6. The molecule has 1 amide bonds. The number of carbonyl (C=O) groups excluding carboxylic acids is 1. The largest absolute Gasteiger partial charge is 0.484 e. The second-order valence-electron chi connectivity index (χ2n) is 9.77. The van der Waals surface area contributed by atoms with Gasteiger partial charge in [-0.2, -0.15) is 0 Å². The Morgan fingerprint density at radius 3 is 2.48 bits per heavy atom. The van der Waals surface area contributed by atoms with E-state index >= 15 is 0 Å². The van der Waals surface area contributed by atoms with Crippen LogP contribution in [0.3, 0.4) is 0 Å². The van der Waals surface area contributed by atoms with Gasteiger partial charge in [0.05, 0.1) is 11.7 Å². The van der Waals surface area contributed by atoms with Crippen LogP contribution in [0, 0.1) is 6.92 Å². The molecule has 0 saturated carbocycles. The lowest BCUT2D eigenvalue weighted by Crippen LogP contribution is -2.29. The quantitative estimate of drug-likeness (QED) is 0.172. The number of hydrogen-bond donors (Lipinski definition) is 2. The van der Waals surface area contributed by atoms with Gasteiger partial charge in [-0.1, -0.05) is 53.7 Å². The molecule has 1 saturated heterocycles. The Morgan fingerprint density at radius 1 is 0.976 bits per heavy atom. The molecule has 0 aliphatic carbocycles. The molecule has 0 spiro atoms. The highest BCUT2D eigenvalue weighted by atomic mass is 32.2. The Hall–Kier alpha value is -4.60. The molecule has 42 heavy (non-hydrogen) atoms. The third kappa shape index (κ3) is 6.32. The summed E-state index contributed by atoms with van der Waals surface area (Å²) in [6, 6.07) is 34.5. The van der Waals surface area contributed by atoms with Crippen molar-refractivity contribution in [3.8, 4) is 5.75 Å². The predicted octanol–water partition coefficient (Wildman–Crippen LogP) is 7.33. The minimum Gasteiger partial charge on any atom is -0.484 e. The van der Waals surface area contributed by atoms with E-state index in [1.54, 1.807) is 18.0 Å². The number of furan rings is 1. The molecular weight excluding hydrogens is 565 g/mol. The standard InChI is InChI=1S/C33H28N4O3S2/c1-22-10-16-26(17-11-22)42-30-19-18-28(40-30)32-31(27-9-5-6-20-34-27)36-33(41)37(32)24-14-12-23(13-15-24)35-29(38)21-39-25-7-3-2-4-8-25/h2-20,31-32H,21H2,1H3,(H,35,38)(H,36,41)/t31-,32+/m1/s1. The van der Waals surface area contributed by atoms with E-state index in [9.17, 15) is 4.79 Å². The van der Waals surface area contributed by atoms with Gasteiger partial charge in [0, 0.05) is 22.5 Å². The summed E-state index contributed by atoms with van der Waals surface area (Å²) in [5.41, 5.74) is 3.59. The molecule has 210 valence electrons. The number of nitrogens with zero attached hydrogens (tertiary/aromatic N) is 2. The monoisotopic (exact) mass is 592 g/mol. The summed E-state index contributed by atoms with van der Waals surface area (Å²) in [5.74, 6) is 1.17. The first-order chi connectivity index (χ1) is 20.5. The number of para-hydroxylation sites is 1. The molecule has 0 radical (unpaired) electrons. The van der Waals surface area contributed by atoms with E-state index < -0.39 is 0 Å². The fraction of sp³-hybridized carbons (Fsp3) is 0.121. The number of benzene rings is 3.